The lowest BCUT2D eigenvalue weighted by Crippen LogP contribution is -2.28. The van der Waals surface area contributed by atoms with Gasteiger partial charge in [-0.3, -0.25) is 0 Å². The number of anilines is 1. The highest BCUT2D eigenvalue weighted by molar-refractivity contribution is 7.88. The van der Waals surface area contributed by atoms with Crippen LogP contribution < -0.4 is 10.0 Å². The first-order chi connectivity index (χ1) is 8.20. The van der Waals surface area contributed by atoms with Gasteiger partial charge >= 0.3 is 6.18 Å². The van der Waals surface area contributed by atoms with Crippen molar-refractivity contribution in [1.29, 1.82) is 0 Å². The van der Waals surface area contributed by atoms with Gasteiger partial charge in [0.05, 0.1) is 11.8 Å². The van der Waals surface area contributed by atoms with E-state index in [1.165, 1.54) is 18.2 Å². The first-order valence-corrected chi connectivity index (χ1v) is 6.94. The average molecular weight is 282 g/mol. The Hall–Kier alpha value is -1.28. The fourth-order valence-electron chi connectivity index (χ4n) is 1.32. The van der Waals surface area contributed by atoms with E-state index in [4.69, 9.17) is 0 Å². The second kappa shape index (κ2) is 5.57. The van der Waals surface area contributed by atoms with Crippen LogP contribution in [-0.2, 0) is 16.2 Å². The Balaban J connectivity index is 2.63. The molecule has 8 heteroatoms. The van der Waals surface area contributed by atoms with E-state index in [0.29, 0.717) is 0 Å². The van der Waals surface area contributed by atoms with Crippen molar-refractivity contribution in [3.63, 3.8) is 0 Å². The predicted octanol–water partition coefficient (Wildman–Crippen LogP) is 1.67. The zero-order valence-corrected chi connectivity index (χ0v) is 10.4. The highest BCUT2D eigenvalue weighted by Crippen LogP contribution is 2.34. The van der Waals surface area contributed by atoms with Gasteiger partial charge in [0.1, 0.15) is 0 Å². The van der Waals surface area contributed by atoms with Crippen LogP contribution in [-0.4, -0.2) is 27.8 Å². The molecule has 18 heavy (non-hydrogen) atoms. The molecule has 0 aliphatic heterocycles. The molecule has 0 radical (unpaired) electrons. The molecule has 1 rings (SSSR count). The fourth-order valence-corrected chi connectivity index (χ4v) is 1.79. The molecule has 0 heterocycles. The molecule has 0 spiro atoms. The largest absolute Gasteiger partial charge is 0.418 e. The third-order valence-electron chi connectivity index (χ3n) is 2.04. The van der Waals surface area contributed by atoms with Crippen molar-refractivity contribution >= 4 is 15.7 Å². The number of halogens is 3. The van der Waals surface area contributed by atoms with E-state index in [-0.39, 0.29) is 18.8 Å². The summed E-state index contributed by atoms with van der Waals surface area (Å²) >= 11 is 0. The summed E-state index contributed by atoms with van der Waals surface area (Å²) in [5.41, 5.74) is -0.843. The summed E-state index contributed by atoms with van der Waals surface area (Å²) in [6.45, 7) is 0.0885. The summed E-state index contributed by atoms with van der Waals surface area (Å²) in [5.74, 6) is 0. The normalized spacial score (nSPS) is 12.4. The number of para-hydroxylation sites is 1. The minimum Gasteiger partial charge on any atom is -0.383 e. The molecular weight excluding hydrogens is 269 g/mol. The van der Waals surface area contributed by atoms with E-state index < -0.39 is 21.8 Å². The highest BCUT2D eigenvalue weighted by atomic mass is 32.2. The third kappa shape index (κ3) is 4.92. The molecule has 0 aliphatic rings. The van der Waals surface area contributed by atoms with E-state index in [0.717, 1.165) is 12.3 Å². The maximum Gasteiger partial charge on any atom is 0.418 e. The van der Waals surface area contributed by atoms with E-state index >= 15 is 0 Å². The van der Waals surface area contributed by atoms with Crippen LogP contribution in [0, 0.1) is 0 Å². The van der Waals surface area contributed by atoms with Crippen LogP contribution in [0.1, 0.15) is 5.56 Å². The van der Waals surface area contributed by atoms with Crippen molar-refractivity contribution in [2.24, 2.45) is 0 Å². The van der Waals surface area contributed by atoms with E-state index in [2.05, 4.69) is 10.0 Å². The van der Waals surface area contributed by atoms with Gasteiger partial charge in [0, 0.05) is 18.8 Å². The molecule has 0 aliphatic carbocycles. The second-order valence-electron chi connectivity index (χ2n) is 3.64. The molecule has 1 aromatic carbocycles. The second-order valence-corrected chi connectivity index (χ2v) is 5.47. The van der Waals surface area contributed by atoms with Crippen LogP contribution in [0.15, 0.2) is 24.3 Å². The molecular formula is C10H13F3N2O2S. The van der Waals surface area contributed by atoms with E-state index in [1.807, 2.05) is 0 Å². The van der Waals surface area contributed by atoms with Gasteiger partial charge in [-0.15, -0.1) is 0 Å². The van der Waals surface area contributed by atoms with Crippen LogP contribution in [0.2, 0.25) is 0 Å². The van der Waals surface area contributed by atoms with Crippen molar-refractivity contribution in [2.45, 2.75) is 6.18 Å². The Morgan fingerprint density at radius 3 is 2.33 bits per heavy atom. The molecule has 2 N–H and O–H groups in total. The maximum atomic E-state index is 12.6. The topological polar surface area (TPSA) is 58.2 Å². The molecule has 1 aromatic rings. The summed E-state index contributed by atoms with van der Waals surface area (Å²) < 4.78 is 61.5. The van der Waals surface area contributed by atoms with Gasteiger partial charge in [-0.1, -0.05) is 12.1 Å². The standard InChI is InChI=1S/C10H13F3N2O2S/c1-18(16,17)15-7-6-14-9-5-3-2-4-8(9)10(11,12)13/h2-5,14-15H,6-7H2,1H3. The Labute approximate surface area is 103 Å². The summed E-state index contributed by atoms with van der Waals surface area (Å²) in [6.07, 6.45) is -3.45. The maximum absolute atomic E-state index is 12.6. The molecule has 0 aromatic heterocycles. The van der Waals surface area contributed by atoms with Gasteiger partial charge in [0.2, 0.25) is 10.0 Å². The summed E-state index contributed by atoms with van der Waals surface area (Å²) in [7, 11) is -3.33. The van der Waals surface area contributed by atoms with Gasteiger partial charge in [0.15, 0.2) is 0 Å². The summed E-state index contributed by atoms with van der Waals surface area (Å²) in [6, 6.07) is 5.03. The van der Waals surface area contributed by atoms with Gasteiger partial charge in [-0.2, -0.15) is 13.2 Å². The Morgan fingerprint density at radius 1 is 1.17 bits per heavy atom. The highest BCUT2D eigenvalue weighted by Gasteiger charge is 2.32. The van der Waals surface area contributed by atoms with Crippen LogP contribution in [0.5, 0.6) is 0 Å². The number of benzene rings is 1. The minimum absolute atomic E-state index is 0.0189. The fraction of sp³-hybridized carbons (Fsp3) is 0.400. The minimum atomic E-state index is -4.44. The first-order valence-electron chi connectivity index (χ1n) is 5.05. The molecule has 102 valence electrons. The van der Waals surface area contributed by atoms with Gasteiger partial charge in [-0.05, 0) is 12.1 Å². The first kappa shape index (κ1) is 14.8. The Bertz CT molecular complexity index is 500. The van der Waals surface area contributed by atoms with Crippen molar-refractivity contribution in [3.05, 3.63) is 29.8 Å². The van der Waals surface area contributed by atoms with Crippen LogP contribution in [0.4, 0.5) is 18.9 Å². The molecule has 0 amide bonds. The molecule has 4 nitrogen and oxygen atoms in total. The van der Waals surface area contributed by atoms with Crippen LogP contribution >= 0.6 is 0 Å². The molecule has 0 saturated heterocycles. The number of alkyl halides is 3. The molecule has 0 fully saturated rings. The SMILES string of the molecule is CS(=O)(=O)NCCNc1ccccc1C(F)(F)F. The molecule has 0 bridgehead atoms. The lowest BCUT2D eigenvalue weighted by Gasteiger charge is -2.14. The molecule has 0 saturated carbocycles. The van der Waals surface area contributed by atoms with Crippen LogP contribution in [0.3, 0.4) is 0 Å². The lowest BCUT2D eigenvalue weighted by molar-refractivity contribution is -0.136. The average Bonchev–Trinajstić information content (AvgIpc) is 2.22. The predicted molar refractivity (Wildman–Crippen MR) is 62.8 cm³/mol. The zero-order chi connectivity index (χ0) is 13.8. The van der Waals surface area contributed by atoms with Gasteiger partial charge in [-0.25, -0.2) is 13.1 Å². The number of hydrogen-bond donors (Lipinski definition) is 2. The lowest BCUT2D eigenvalue weighted by atomic mass is 10.1. The zero-order valence-electron chi connectivity index (χ0n) is 9.58. The van der Waals surface area contributed by atoms with Crippen LogP contribution in [0.25, 0.3) is 0 Å². The molecule has 0 atom stereocenters. The smallest absolute Gasteiger partial charge is 0.383 e. The number of sulfonamides is 1. The monoisotopic (exact) mass is 282 g/mol. The van der Waals surface area contributed by atoms with Crippen molar-refractivity contribution < 1.29 is 21.6 Å². The quantitative estimate of drug-likeness (QED) is 0.808. The summed E-state index contributed by atoms with van der Waals surface area (Å²) in [4.78, 5) is 0. The van der Waals surface area contributed by atoms with E-state index in [9.17, 15) is 21.6 Å². The van der Waals surface area contributed by atoms with Gasteiger partial charge < -0.3 is 5.32 Å². The van der Waals surface area contributed by atoms with Crippen molar-refractivity contribution in [2.75, 3.05) is 24.7 Å². The third-order valence-corrected chi connectivity index (χ3v) is 2.77. The summed E-state index contributed by atoms with van der Waals surface area (Å²) in [5, 5.41) is 2.55. The van der Waals surface area contributed by atoms with Crippen molar-refractivity contribution in [3.8, 4) is 0 Å². The number of nitrogens with one attached hydrogen (secondary N) is 2. The van der Waals surface area contributed by atoms with E-state index in [1.54, 1.807) is 0 Å². The number of hydrogen-bond acceptors (Lipinski definition) is 3. The van der Waals surface area contributed by atoms with Gasteiger partial charge in [0.25, 0.3) is 0 Å². The Morgan fingerprint density at radius 2 is 1.78 bits per heavy atom. The number of rotatable bonds is 5. The molecule has 0 unspecified atom stereocenters. The Kier molecular flexibility index (Phi) is 4.58. The van der Waals surface area contributed by atoms with Crippen molar-refractivity contribution in [1.82, 2.24) is 4.72 Å².